The predicted molar refractivity (Wildman–Crippen MR) is 114 cm³/mol. The number of carbonyl (C=O) groups is 1. The predicted octanol–water partition coefficient (Wildman–Crippen LogP) is 3.10. The molecule has 0 radical (unpaired) electrons. The Morgan fingerprint density at radius 2 is 1.59 bits per heavy atom. The van der Waals surface area contributed by atoms with E-state index in [1.54, 1.807) is 12.1 Å². The average Bonchev–Trinajstić information content (AvgIpc) is 2.69. The van der Waals surface area contributed by atoms with Crippen LogP contribution in [-0.2, 0) is 0 Å². The van der Waals surface area contributed by atoms with Gasteiger partial charge in [0.2, 0.25) is 11.9 Å². The van der Waals surface area contributed by atoms with Gasteiger partial charge in [-0.3, -0.25) is 4.98 Å². The summed E-state index contributed by atoms with van der Waals surface area (Å²) in [5, 5.41) is 15.0. The molecular formula is C20H30N6O3. The van der Waals surface area contributed by atoms with Crippen LogP contribution < -0.4 is 22.1 Å². The van der Waals surface area contributed by atoms with E-state index in [-0.39, 0.29) is 17.5 Å². The zero-order valence-electron chi connectivity index (χ0n) is 16.6. The Morgan fingerprint density at radius 1 is 0.966 bits per heavy atom. The number of anilines is 3. The lowest BCUT2D eigenvalue weighted by atomic mass is 10.1. The molecule has 1 aromatic heterocycles. The molecule has 9 nitrogen and oxygen atoms in total. The highest BCUT2D eigenvalue weighted by Crippen LogP contribution is 2.14. The highest BCUT2D eigenvalue weighted by molar-refractivity contribution is 5.88. The molecule has 0 amide bonds. The van der Waals surface area contributed by atoms with Crippen molar-refractivity contribution in [3.8, 4) is 0 Å². The van der Waals surface area contributed by atoms with Crippen LogP contribution in [0.3, 0.4) is 0 Å². The highest BCUT2D eigenvalue weighted by Gasteiger charge is 2.05. The first kappa shape index (κ1) is 22.4. The summed E-state index contributed by atoms with van der Waals surface area (Å²) in [6, 6.07) is 6.16. The lowest BCUT2D eigenvalue weighted by Crippen LogP contribution is -2.18. The van der Waals surface area contributed by atoms with Crippen LogP contribution in [0.25, 0.3) is 0 Å². The number of benzene rings is 1. The molecule has 1 aromatic carbocycles. The van der Waals surface area contributed by atoms with Gasteiger partial charge in [0.25, 0.3) is 0 Å². The number of nitrogens with one attached hydrogen (secondary N) is 3. The van der Waals surface area contributed by atoms with E-state index in [1.165, 1.54) is 44.2 Å². The first-order valence-electron chi connectivity index (χ1n) is 10.1. The number of aromatic nitrogens is 3. The molecule has 6 N–H and O–H groups in total. The smallest absolute Gasteiger partial charge is 0.351 e. The molecule has 2 aromatic rings. The minimum atomic E-state index is -0.995. The van der Waals surface area contributed by atoms with Gasteiger partial charge in [-0.1, -0.05) is 38.5 Å². The Balaban J connectivity index is 1.73. The van der Waals surface area contributed by atoms with E-state index in [1.807, 2.05) is 0 Å². The second-order valence-corrected chi connectivity index (χ2v) is 6.88. The molecule has 2 rings (SSSR count). The Morgan fingerprint density at radius 3 is 2.21 bits per heavy atom. The topological polar surface area (TPSA) is 146 Å². The van der Waals surface area contributed by atoms with Crippen molar-refractivity contribution in [3.63, 3.8) is 0 Å². The Bertz CT molecular complexity index is 807. The number of nitrogens with zero attached hydrogens (tertiary/aromatic N) is 2. The van der Waals surface area contributed by atoms with E-state index in [9.17, 15) is 9.59 Å². The van der Waals surface area contributed by atoms with Gasteiger partial charge in [0.15, 0.2) is 0 Å². The largest absolute Gasteiger partial charge is 0.478 e. The number of aromatic amines is 1. The summed E-state index contributed by atoms with van der Waals surface area (Å²) in [5.41, 5.74) is 5.77. The molecule has 0 fully saturated rings. The van der Waals surface area contributed by atoms with Crippen LogP contribution in [0.5, 0.6) is 0 Å². The van der Waals surface area contributed by atoms with E-state index in [4.69, 9.17) is 10.8 Å². The lowest BCUT2D eigenvalue weighted by Gasteiger charge is -2.08. The summed E-state index contributed by atoms with van der Waals surface area (Å²) in [4.78, 5) is 33.2. The molecule has 1 heterocycles. The second kappa shape index (κ2) is 12.5. The van der Waals surface area contributed by atoms with Crippen LogP contribution in [0.15, 0.2) is 29.1 Å². The first-order chi connectivity index (χ1) is 14.1. The maximum Gasteiger partial charge on any atom is 0.351 e. The quantitative estimate of drug-likeness (QED) is 0.303. The van der Waals surface area contributed by atoms with Crippen LogP contribution in [-0.4, -0.2) is 39.1 Å². The van der Waals surface area contributed by atoms with Crippen LogP contribution in [0.4, 0.5) is 17.6 Å². The minimum absolute atomic E-state index is 0.185. The number of hydrogen-bond donors (Lipinski definition) is 5. The molecule has 158 valence electrons. The SMILES string of the molecule is NCCCCCCCCCCNc1nc(Nc2ccc(C(=O)O)cc2)[nH]c(=O)n1. The van der Waals surface area contributed by atoms with Gasteiger partial charge in [-0.15, -0.1) is 0 Å². The molecule has 29 heavy (non-hydrogen) atoms. The van der Waals surface area contributed by atoms with Crippen molar-refractivity contribution in [2.75, 3.05) is 23.7 Å². The summed E-state index contributed by atoms with van der Waals surface area (Å²) in [7, 11) is 0. The fourth-order valence-electron chi connectivity index (χ4n) is 2.89. The Hall–Kier alpha value is -2.94. The van der Waals surface area contributed by atoms with Crippen LogP contribution in [0, 0.1) is 0 Å². The molecule has 0 atom stereocenters. The number of carboxylic acid groups (broad SMARTS) is 1. The van der Waals surface area contributed by atoms with Crippen molar-refractivity contribution in [2.45, 2.75) is 51.4 Å². The number of hydrogen-bond acceptors (Lipinski definition) is 7. The fraction of sp³-hybridized carbons (Fsp3) is 0.500. The highest BCUT2D eigenvalue weighted by atomic mass is 16.4. The van der Waals surface area contributed by atoms with Crippen LogP contribution in [0.2, 0.25) is 0 Å². The van der Waals surface area contributed by atoms with Gasteiger partial charge in [-0.25, -0.2) is 9.59 Å². The molecule has 0 aliphatic rings. The zero-order chi connectivity index (χ0) is 20.9. The number of nitrogens with two attached hydrogens (primary N) is 1. The maximum atomic E-state index is 11.8. The monoisotopic (exact) mass is 402 g/mol. The molecular weight excluding hydrogens is 372 g/mol. The molecule has 0 aliphatic heterocycles. The molecule has 9 heteroatoms. The maximum absolute atomic E-state index is 11.8. The minimum Gasteiger partial charge on any atom is -0.478 e. The molecule has 0 saturated carbocycles. The second-order valence-electron chi connectivity index (χ2n) is 6.88. The van der Waals surface area contributed by atoms with Gasteiger partial charge < -0.3 is 21.5 Å². The third kappa shape index (κ3) is 8.73. The normalized spacial score (nSPS) is 10.7. The summed E-state index contributed by atoms with van der Waals surface area (Å²) in [6.07, 6.45) is 9.38. The van der Waals surface area contributed by atoms with E-state index in [0.717, 1.165) is 25.8 Å². The summed E-state index contributed by atoms with van der Waals surface area (Å²) < 4.78 is 0. The lowest BCUT2D eigenvalue weighted by molar-refractivity contribution is 0.0697. The molecule has 0 unspecified atom stereocenters. The first-order valence-corrected chi connectivity index (χ1v) is 10.1. The van der Waals surface area contributed by atoms with Gasteiger partial charge in [0.05, 0.1) is 5.56 Å². The third-order valence-electron chi connectivity index (χ3n) is 4.46. The van der Waals surface area contributed by atoms with Crippen molar-refractivity contribution in [2.24, 2.45) is 5.73 Å². The number of H-pyrrole nitrogens is 1. The number of carboxylic acids is 1. The molecule has 0 spiro atoms. The van der Waals surface area contributed by atoms with Crippen molar-refractivity contribution in [1.29, 1.82) is 0 Å². The van der Waals surface area contributed by atoms with Gasteiger partial charge in [-0.2, -0.15) is 9.97 Å². The standard InChI is InChI=1S/C20H30N6O3/c21-13-7-5-3-1-2-4-6-8-14-22-18-24-19(26-20(29)25-18)23-16-11-9-15(10-12-16)17(27)28/h9-12H,1-8,13-14,21H2,(H,27,28)(H3,22,23,24,25,26,29). The Labute approximate surface area is 170 Å². The fourth-order valence-corrected chi connectivity index (χ4v) is 2.89. The third-order valence-corrected chi connectivity index (χ3v) is 4.46. The van der Waals surface area contributed by atoms with Gasteiger partial charge in [-0.05, 0) is 43.7 Å². The summed E-state index contributed by atoms with van der Waals surface area (Å²) >= 11 is 0. The Kier molecular flexibility index (Phi) is 9.64. The summed E-state index contributed by atoms with van der Waals surface area (Å²) in [5.74, 6) is -0.488. The van der Waals surface area contributed by atoms with E-state index < -0.39 is 11.7 Å². The zero-order valence-corrected chi connectivity index (χ0v) is 16.6. The van der Waals surface area contributed by atoms with Crippen LogP contribution in [0.1, 0.15) is 61.7 Å². The molecule has 0 bridgehead atoms. The van der Waals surface area contributed by atoms with Crippen molar-refractivity contribution < 1.29 is 9.90 Å². The number of aromatic carboxylic acids is 1. The van der Waals surface area contributed by atoms with Crippen molar-refractivity contribution >= 4 is 23.6 Å². The van der Waals surface area contributed by atoms with Gasteiger partial charge >= 0.3 is 11.7 Å². The number of rotatable bonds is 14. The van der Waals surface area contributed by atoms with Gasteiger partial charge in [0, 0.05) is 12.2 Å². The van der Waals surface area contributed by atoms with E-state index in [2.05, 4.69) is 25.6 Å². The van der Waals surface area contributed by atoms with Crippen molar-refractivity contribution in [3.05, 3.63) is 40.3 Å². The summed E-state index contributed by atoms with van der Waals surface area (Å²) in [6.45, 7) is 1.48. The van der Waals surface area contributed by atoms with Gasteiger partial charge in [0.1, 0.15) is 0 Å². The van der Waals surface area contributed by atoms with E-state index >= 15 is 0 Å². The van der Waals surface area contributed by atoms with Crippen LogP contribution >= 0.6 is 0 Å². The molecule has 0 aliphatic carbocycles. The average molecular weight is 402 g/mol. The van der Waals surface area contributed by atoms with E-state index in [0.29, 0.717) is 12.2 Å². The van der Waals surface area contributed by atoms with Crippen molar-refractivity contribution in [1.82, 2.24) is 15.0 Å². The number of unbranched alkanes of at least 4 members (excludes halogenated alkanes) is 7. The molecule has 0 saturated heterocycles.